The van der Waals surface area contributed by atoms with Gasteiger partial charge in [0.2, 0.25) is 0 Å². The van der Waals surface area contributed by atoms with Crippen molar-refractivity contribution in [3.63, 3.8) is 0 Å². The van der Waals surface area contributed by atoms with Crippen molar-refractivity contribution in [3.8, 4) is 5.75 Å². The summed E-state index contributed by atoms with van der Waals surface area (Å²) in [6.45, 7) is 6.28. The Morgan fingerprint density at radius 1 is 1.29 bits per heavy atom. The van der Waals surface area contributed by atoms with Crippen molar-refractivity contribution >= 4 is 0 Å². The van der Waals surface area contributed by atoms with E-state index >= 15 is 0 Å². The number of hydrogen-bond acceptors (Lipinski definition) is 2. The van der Waals surface area contributed by atoms with Gasteiger partial charge in [0.25, 0.3) is 0 Å². The van der Waals surface area contributed by atoms with E-state index in [4.69, 9.17) is 4.74 Å². The number of rotatable bonds is 4. The molecule has 0 spiro atoms. The number of para-hydroxylation sites is 1. The highest BCUT2D eigenvalue weighted by atomic mass is 16.5. The molecule has 0 atom stereocenters. The van der Waals surface area contributed by atoms with Crippen LogP contribution in [0.4, 0.5) is 0 Å². The summed E-state index contributed by atoms with van der Waals surface area (Å²) in [4.78, 5) is 0. The zero-order chi connectivity index (χ0) is 10.6. The third kappa shape index (κ3) is 2.74. The summed E-state index contributed by atoms with van der Waals surface area (Å²) in [5.41, 5.74) is -0.00176. The van der Waals surface area contributed by atoms with Gasteiger partial charge in [-0.3, -0.25) is 0 Å². The molecule has 2 heteroatoms. The number of benzene rings is 1. The second-order valence-corrected chi connectivity index (χ2v) is 3.90. The van der Waals surface area contributed by atoms with E-state index in [1.165, 1.54) is 0 Å². The number of ether oxygens (including phenoxy) is 1. The first kappa shape index (κ1) is 11.1. The molecule has 0 radical (unpaired) electrons. The fourth-order valence-corrected chi connectivity index (χ4v) is 1.31. The van der Waals surface area contributed by atoms with Crippen LogP contribution in [0.5, 0.6) is 5.75 Å². The second-order valence-electron chi connectivity index (χ2n) is 3.90. The molecular formula is C12H18O2. The van der Waals surface area contributed by atoms with E-state index in [0.717, 1.165) is 17.7 Å². The van der Waals surface area contributed by atoms with Gasteiger partial charge in [-0.05, 0) is 26.3 Å². The Balaban J connectivity index is 2.92. The first-order valence-corrected chi connectivity index (χ1v) is 5.00. The highest BCUT2D eigenvalue weighted by Gasteiger charge is 2.20. The average Bonchev–Trinajstić information content (AvgIpc) is 2.14. The van der Waals surface area contributed by atoms with Gasteiger partial charge in [0, 0.05) is 5.56 Å². The largest absolute Gasteiger partial charge is 0.493 e. The van der Waals surface area contributed by atoms with Crippen molar-refractivity contribution in [2.45, 2.75) is 32.8 Å². The van der Waals surface area contributed by atoms with Gasteiger partial charge in [-0.1, -0.05) is 25.1 Å². The van der Waals surface area contributed by atoms with Gasteiger partial charge < -0.3 is 9.84 Å². The molecule has 0 bridgehead atoms. The standard InChI is InChI=1S/C12H18O2/c1-4-9-14-11-8-6-5-7-10(11)12(2,3)13/h5-8,13H,4,9H2,1-3H3. The van der Waals surface area contributed by atoms with Crippen molar-refractivity contribution < 1.29 is 9.84 Å². The third-order valence-corrected chi connectivity index (χ3v) is 2.01. The monoisotopic (exact) mass is 194 g/mol. The van der Waals surface area contributed by atoms with E-state index in [2.05, 4.69) is 6.92 Å². The number of hydrogen-bond donors (Lipinski definition) is 1. The third-order valence-electron chi connectivity index (χ3n) is 2.01. The normalized spacial score (nSPS) is 11.4. The minimum absolute atomic E-state index is 0.688. The van der Waals surface area contributed by atoms with Crippen LogP contribution in [0.3, 0.4) is 0 Å². The summed E-state index contributed by atoms with van der Waals surface area (Å²) in [7, 11) is 0. The molecule has 1 aromatic carbocycles. The van der Waals surface area contributed by atoms with Crippen molar-refractivity contribution in [2.24, 2.45) is 0 Å². The molecular weight excluding hydrogens is 176 g/mol. The average molecular weight is 194 g/mol. The topological polar surface area (TPSA) is 29.5 Å². The fraction of sp³-hybridized carbons (Fsp3) is 0.500. The van der Waals surface area contributed by atoms with E-state index in [1.807, 2.05) is 24.3 Å². The van der Waals surface area contributed by atoms with Gasteiger partial charge in [0.05, 0.1) is 12.2 Å². The summed E-state index contributed by atoms with van der Waals surface area (Å²) in [5, 5.41) is 9.89. The summed E-state index contributed by atoms with van der Waals surface area (Å²) in [6, 6.07) is 7.61. The smallest absolute Gasteiger partial charge is 0.125 e. The van der Waals surface area contributed by atoms with Crippen LogP contribution in [0.15, 0.2) is 24.3 Å². The second kappa shape index (κ2) is 4.47. The molecule has 0 aliphatic rings. The lowest BCUT2D eigenvalue weighted by Crippen LogP contribution is -2.17. The Labute approximate surface area is 85.5 Å². The van der Waals surface area contributed by atoms with Crippen LogP contribution in [-0.2, 0) is 5.60 Å². The molecule has 0 unspecified atom stereocenters. The van der Waals surface area contributed by atoms with Gasteiger partial charge in [-0.15, -0.1) is 0 Å². The van der Waals surface area contributed by atoms with E-state index < -0.39 is 5.60 Å². The fourth-order valence-electron chi connectivity index (χ4n) is 1.31. The van der Waals surface area contributed by atoms with Crippen LogP contribution in [-0.4, -0.2) is 11.7 Å². The molecule has 78 valence electrons. The molecule has 0 heterocycles. The highest BCUT2D eigenvalue weighted by molar-refractivity contribution is 5.37. The predicted molar refractivity (Wildman–Crippen MR) is 57.5 cm³/mol. The minimum atomic E-state index is -0.843. The Bertz CT molecular complexity index is 287. The van der Waals surface area contributed by atoms with Crippen molar-refractivity contribution in [3.05, 3.63) is 29.8 Å². The lowest BCUT2D eigenvalue weighted by Gasteiger charge is -2.21. The minimum Gasteiger partial charge on any atom is -0.493 e. The zero-order valence-corrected chi connectivity index (χ0v) is 9.08. The summed E-state index contributed by atoms with van der Waals surface area (Å²) >= 11 is 0. The van der Waals surface area contributed by atoms with Gasteiger partial charge in [0.1, 0.15) is 5.75 Å². The maximum absolute atomic E-state index is 9.89. The molecule has 1 rings (SSSR count). The van der Waals surface area contributed by atoms with Crippen LogP contribution in [0.1, 0.15) is 32.8 Å². The Kier molecular flexibility index (Phi) is 3.53. The van der Waals surface area contributed by atoms with E-state index in [9.17, 15) is 5.11 Å². The van der Waals surface area contributed by atoms with Gasteiger partial charge in [-0.25, -0.2) is 0 Å². The van der Waals surface area contributed by atoms with Crippen LogP contribution < -0.4 is 4.74 Å². The molecule has 0 aliphatic heterocycles. The van der Waals surface area contributed by atoms with Crippen LogP contribution in [0.25, 0.3) is 0 Å². The SMILES string of the molecule is CCCOc1ccccc1C(C)(C)O. The van der Waals surface area contributed by atoms with Crippen LogP contribution in [0.2, 0.25) is 0 Å². The van der Waals surface area contributed by atoms with E-state index in [0.29, 0.717) is 6.61 Å². The Morgan fingerprint density at radius 3 is 2.50 bits per heavy atom. The van der Waals surface area contributed by atoms with Gasteiger partial charge >= 0.3 is 0 Å². The maximum Gasteiger partial charge on any atom is 0.125 e. The molecule has 1 aromatic rings. The molecule has 0 fully saturated rings. The van der Waals surface area contributed by atoms with Gasteiger partial charge in [0.15, 0.2) is 0 Å². The molecule has 2 nitrogen and oxygen atoms in total. The van der Waals surface area contributed by atoms with Crippen LogP contribution in [0, 0.1) is 0 Å². The summed E-state index contributed by atoms with van der Waals surface area (Å²) in [5.74, 6) is 0.779. The lowest BCUT2D eigenvalue weighted by molar-refractivity contribution is 0.0747. The van der Waals surface area contributed by atoms with E-state index in [1.54, 1.807) is 13.8 Å². The van der Waals surface area contributed by atoms with Crippen molar-refractivity contribution in [2.75, 3.05) is 6.61 Å². The predicted octanol–water partition coefficient (Wildman–Crippen LogP) is 2.70. The molecule has 14 heavy (non-hydrogen) atoms. The molecule has 0 aromatic heterocycles. The molecule has 0 aliphatic carbocycles. The quantitative estimate of drug-likeness (QED) is 0.798. The molecule has 0 amide bonds. The summed E-state index contributed by atoms with van der Waals surface area (Å²) < 4.78 is 5.55. The lowest BCUT2D eigenvalue weighted by atomic mass is 9.97. The van der Waals surface area contributed by atoms with Crippen molar-refractivity contribution in [1.29, 1.82) is 0 Å². The number of aliphatic hydroxyl groups is 1. The first-order chi connectivity index (χ1) is 6.55. The maximum atomic E-state index is 9.89. The Morgan fingerprint density at radius 2 is 1.93 bits per heavy atom. The Hall–Kier alpha value is -1.02. The first-order valence-electron chi connectivity index (χ1n) is 5.00. The van der Waals surface area contributed by atoms with Gasteiger partial charge in [-0.2, -0.15) is 0 Å². The van der Waals surface area contributed by atoms with Crippen LogP contribution >= 0.6 is 0 Å². The molecule has 0 saturated carbocycles. The zero-order valence-electron chi connectivity index (χ0n) is 9.08. The summed E-state index contributed by atoms with van der Waals surface area (Å²) in [6.07, 6.45) is 0.972. The van der Waals surface area contributed by atoms with E-state index in [-0.39, 0.29) is 0 Å². The molecule has 1 N–H and O–H groups in total. The van der Waals surface area contributed by atoms with Crippen molar-refractivity contribution in [1.82, 2.24) is 0 Å². The highest BCUT2D eigenvalue weighted by Crippen LogP contribution is 2.29. The molecule has 0 saturated heterocycles.